The molecular formula is C13H11ClN2O2S. The molecule has 2 aromatic rings. The molecule has 0 spiro atoms. The number of thioether (sulfide) groups is 1. The van der Waals surface area contributed by atoms with Crippen LogP contribution in [0.15, 0.2) is 36.8 Å². The zero-order valence-corrected chi connectivity index (χ0v) is 11.5. The third-order valence-electron chi connectivity index (χ3n) is 2.48. The van der Waals surface area contributed by atoms with E-state index in [0.717, 1.165) is 10.6 Å². The SMILES string of the molecule is O=C(O)c1cncnc1CSCc1ccccc1Cl. The Hall–Kier alpha value is -1.59. The second-order valence-corrected chi connectivity index (χ2v) is 5.17. The number of carboxylic acid groups (broad SMARTS) is 1. The number of carboxylic acids is 1. The van der Waals surface area contributed by atoms with E-state index < -0.39 is 5.97 Å². The quantitative estimate of drug-likeness (QED) is 0.917. The van der Waals surface area contributed by atoms with Gasteiger partial charge < -0.3 is 5.11 Å². The maximum atomic E-state index is 11.0. The molecule has 6 heteroatoms. The Bertz CT molecular complexity index is 592. The molecule has 2 rings (SSSR count). The van der Waals surface area contributed by atoms with Gasteiger partial charge in [0.1, 0.15) is 11.9 Å². The van der Waals surface area contributed by atoms with Crippen LogP contribution in [0.25, 0.3) is 0 Å². The van der Waals surface area contributed by atoms with E-state index >= 15 is 0 Å². The fourth-order valence-electron chi connectivity index (χ4n) is 1.52. The lowest BCUT2D eigenvalue weighted by molar-refractivity contribution is 0.0695. The lowest BCUT2D eigenvalue weighted by Crippen LogP contribution is -2.04. The molecule has 0 aliphatic heterocycles. The van der Waals surface area contributed by atoms with Crippen LogP contribution < -0.4 is 0 Å². The number of hydrogen-bond donors (Lipinski definition) is 1. The van der Waals surface area contributed by atoms with Gasteiger partial charge in [0.2, 0.25) is 0 Å². The number of nitrogens with zero attached hydrogens (tertiary/aromatic N) is 2. The summed E-state index contributed by atoms with van der Waals surface area (Å²) in [4.78, 5) is 18.7. The van der Waals surface area contributed by atoms with E-state index in [1.165, 1.54) is 12.5 Å². The molecule has 98 valence electrons. The fourth-order valence-corrected chi connectivity index (χ4v) is 2.80. The maximum Gasteiger partial charge on any atom is 0.339 e. The van der Waals surface area contributed by atoms with Crippen LogP contribution in [0.2, 0.25) is 5.02 Å². The molecule has 0 fully saturated rings. The molecule has 1 N–H and O–H groups in total. The van der Waals surface area contributed by atoms with Gasteiger partial charge in [-0.1, -0.05) is 29.8 Å². The number of aromatic nitrogens is 2. The molecule has 1 aromatic carbocycles. The van der Waals surface area contributed by atoms with E-state index in [1.54, 1.807) is 11.8 Å². The molecule has 19 heavy (non-hydrogen) atoms. The van der Waals surface area contributed by atoms with Crippen LogP contribution in [-0.4, -0.2) is 21.0 Å². The summed E-state index contributed by atoms with van der Waals surface area (Å²) < 4.78 is 0. The molecule has 0 bridgehead atoms. The number of halogens is 1. The average Bonchev–Trinajstić information content (AvgIpc) is 2.41. The van der Waals surface area contributed by atoms with Gasteiger partial charge >= 0.3 is 5.97 Å². The molecule has 0 aliphatic rings. The fraction of sp³-hybridized carbons (Fsp3) is 0.154. The van der Waals surface area contributed by atoms with E-state index in [9.17, 15) is 4.79 Å². The van der Waals surface area contributed by atoms with Gasteiger partial charge in [-0.15, -0.1) is 0 Å². The van der Waals surface area contributed by atoms with Crippen molar-refractivity contribution < 1.29 is 9.90 Å². The minimum atomic E-state index is -1.01. The Balaban J connectivity index is 2.00. The van der Waals surface area contributed by atoms with Crippen molar-refractivity contribution in [3.8, 4) is 0 Å². The first-order chi connectivity index (χ1) is 9.18. The van der Waals surface area contributed by atoms with Gasteiger partial charge in [0.15, 0.2) is 0 Å². The number of benzene rings is 1. The molecule has 0 unspecified atom stereocenters. The number of hydrogen-bond acceptors (Lipinski definition) is 4. The summed E-state index contributed by atoms with van der Waals surface area (Å²) in [5.41, 5.74) is 1.70. The van der Waals surface area contributed by atoms with Gasteiger partial charge in [-0.05, 0) is 11.6 Å². The molecule has 1 aromatic heterocycles. The Kier molecular flexibility index (Phi) is 4.76. The van der Waals surface area contributed by atoms with Crippen molar-refractivity contribution >= 4 is 29.3 Å². The molecule has 1 heterocycles. The monoisotopic (exact) mass is 294 g/mol. The van der Waals surface area contributed by atoms with Crippen molar-refractivity contribution in [2.24, 2.45) is 0 Å². The normalized spacial score (nSPS) is 10.4. The average molecular weight is 295 g/mol. The molecule has 0 saturated carbocycles. The van der Waals surface area contributed by atoms with Gasteiger partial charge in [0.05, 0.1) is 5.69 Å². The number of carbonyl (C=O) groups is 1. The summed E-state index contributed by atoms with van der Waals surface area (Å²) >= 11 is 7.62. The van der Waals surface area contributed by atoms with Crippen LogP contribution in [-0.2, 0) is 11.5 Å². The summed E-state index contributed by atoms with van der Waals surface area (Å²) in [5.74, 6) is 0.215. The molecule has 0 radical (unpaired) electrons. The van der Waals surface area contributed by atoms with Crippen molar-refractivity contribution in [3.05, 3.63) is 58.6 Å². The Morgan fingerprint density at radius 2 is 2.11 bits per heavy atom. The van der Waals surface area contributed by atoms with Crippen molar-refractivity contribution in [3.63, 3.8) is 0 Å². The first-order valence-electron chi connectivity index (χ1n) is 5.52. The summed E-state index contributed by atoms with van der Waals surface area (Å²) in [5, 5.41) is 9.73. The van der Waals surface area contributed by atoms with Gasteiger partial charge in [-0.2, -0.15) is 11.8 Å². The number of rotatable bonds is 5. The van der Waals surface area contributed by atoms with Crippen molar-refractivity contribution in [1.29, 1.82) is 0 Å². The Morgan fingerprint density at radius 1 is 1.32 bits per heavy atom. The lowest BCUT2D eigenvalue weighted by Gasteiger charge is -2.05. The third-order valence-corrected chi connectivity index (χ3v) is 3.84. The largest absolute Gasteiger partial charge is 0.478 e. The van der Waals surface area contributed by atoms with Gasteiger partial charge in [-0.3, -0.25) is 0 Å². The Morgan fingerprint density at radius 3 is 2.84 bits per heavy atom. The third kappa shape index (κ3) is 3.68. The van der Waals surface area contributed by atoms with E-state index in [0.29, 0.717) is 17.2 Å². The maximum absolute atomic E-state index is 11.0. The first-order valence-corrected chi connectivity index (χ1v) is 7.05. The summed E-state index contributed by atoms with van der Waals surface area (Å²) in [6, 6.07) is 7.59. The second kappa shape index (κ2) is 6.54. The second-order valence-electron chi connectivity index (χ2n) is 3.77. The molecule has 0 amide bonds. The highest BCUT2D eigenvalue weighted by Crippen LogP contribution is 2.23. The molecular weight excluding hydrogens is 284 g/mol. The highest BCUT2D eigenvalue weighted by molar-refractivity contribution is 7.97. The van der Waals surface area contributed by atoms with Gasteiger partial charge in [0, 0.05) is 22.7 Å². The van der Waals surface area contributed by atoms with E-state index in [-0.39, 0.29) is 5.56 Å². The molecule has 4 nitrogen and oxygen atoms in total. The Labute approximate surface area is 119 Å². The number of aromatic carboxylic acids is 1. The van der Waals surface area contributed by atoms with E-state index in [2.05, 4.69) is 9.97 Å². The molecule has 0 aliphatic carbocycles. The topological polar surface area (TPSA) is 63.1 Å². The van der Waals surface area contributed by atoms with Crippen LogP contribution in [0.3, 0.4) is 0 Å². The van der Waals surface area contributed by atoms with Gasteiger partial charge in [0.25, 0.3) is 0 Å². The minimum absolute atomic E-state index is 0.147. The standard InChI is InChI=1S/C13H11ClN2O2S/c14-11-4-2-1-3-9(11)6-19-7-12-10(13(17)18)5-15-8-16-12/h1-5,8H,6-7H2,(H,17,18). The highest BCUT2D eigenvalue weighted by atomic mass is 35.5. The zero-order chi connectivity index (χ0) is 13.7. The van der Waals surface area contributed by atoms with Gasteiger partial charge in [-0.25, -0.2) is 14.8 Å². The highest BCUT2D eigenvalue weighted by Gasteiger charge is 2.11. The van der Waals surface area contributed by atoms with E-state index in [1.807, 2.05) is 24.3 Å². The van der Waals surface area contributed by atoms with Crippen LogP contribution in [0.5, 0.6) is 0 Å². The summed E-state index contributed by atoms with van der Waals surface area (Å²) in [6.45, 7) is 0. The smallest absolute Gasteiger partial charge is 0.339 e. The summed E-state index contributed by atoms with van der Waals surface area (Å²) in [6.07, 6.45) is 2.68. The van der Waals surface area contributed by atoms with Crippen LogP contribution in [0, 0.1) is 0 Å². The zero-order valence-electron chi connectivity index (χ0n) is 9.91. The molecule has 0 saturated heterocycles. The first kappa shape index (κ1) is 13.8. The van der Waals surface area contributed by atoms with Crippen LogP contribution >= 0.6 is 23.4 Å². The summed E-state index contributed by atoms with van der Waals surface area (Å²) in [7, 11) is 0. The van der Waals surface area contributed by atoms with Crippen LogP contribution in [0.4, 0.5) is 0 Å². The minimum Gasteiger partial charge on any atom is -0.478 e. The van der Waals surface area contributed by atoms with Crippen molar-refractivity contribution in [2.45, 2.75) is 11.5 Å². The lowest BCUT2D eigenvalue weighted by atomic mass is 10.2. The molecule has 0 atom stereocenters. The van der Waals surface area contributed by atoms with Crippen molar-refractivity contribution in [1.82, 2.24) is 9.97 Å². The predicted octanol–water partition coefficient (Wildman–Crippen LogP) is 3.26. The predicted molar refractivity (Wildman–Crippen MR) is 75.4 cm³/mol. The van der Waals surface area contributed by atoms with Crippen LogP contribution in [0.1, 0.15) is 21.6 Å². The van der Waals surface area contributed by atoms with Crippen molar-refractivity contribution in [2.75, 3.05) is 0 Å². The van der Waals surface area contributed by atoms with E-state index in [4.69, 9.17) is 16.7 Å².